The number of carbonyl (C=O) groups excluding carboxylic acids is 1. The molecule has 1 aromatic rings. The quantitative estimate of drug-likeness (QED) is 0.781. The number of fused-ring (bicyclic) bond motifs is 1. The van der Waals surface area contributed by atoms with Gasteiger partial charge >= 0.3 is 0 Å². The molecule has 0 N–H and O–H groups in total. The van der Waals surface area contributed by atoms with Crippen LogP contribution in [-0.2, 0) is 11.2 Å². The third-order valence-electron chi connectivity index (χ3n) is 4.06. The van der Waals surface area contributed by atoms with Gasteiger partial charge in [0.25, 0.3) is 0 Å². The van der Waals surface area contributed by atoms with Crippen molar-refractivity contribution in [3.63, 3.8) is 0 Å². The molecule has 1 saturated heterocycles. The van der Waals surface area contributed by atoms with Crippen molar-refractivity contribution in [1.29, 1.82) is 0 Å². The summed E-state index contributed by atoms with van der Waals surface area (Å²) in [5.41, 5.74) is 2.19. The van der Waals surface area contributed by atoms with Crippen LogP contribution in [0.4, 0.5) is 0 Å². The van der Waals surface area contributed by atoms with E-state index in [9.17, 15) is 4.79 Å². The Kier molecular flexibility index (Phi) is 2.98. The van der Waals surface area contributed by atoms with Crippen LogP contribution in [0, 0.1) is 11.8 Å². The van der Waals surface area contributed by atoms with Gasteiger partial charge in [0.15, 0.2) is 5.78 Å². The third-order valence-corrected chi connectivity index (χ3v) is 4.06. The first-order valence-corrected chi connectivity index (χ1v) is 6.54. The standard InChI is InChI=1S/C15H18O2/c16-15-13(9-11-7-8-17-10-11)6-5-12-3-1-2-4-14(12)15/h1-4,11,13H,5-10H2. The molecule has 0 spiro atoms. The number of rotatable bonds is 2. The average Bonchev–Trinajstić information content (AvgIpc) is 2.86. The van der Waals surface area contributed by atoms with Crippen molar-refractivity contribution in [2.45, 2.75) is 25.7 Å². The number of ketones is 1. The first-order chi connectivity index (χ1) is 8.34. The van der Waals surface area contributed by atoms with E-state index in [4.69, 9.17) is 4.74 Å². The Morgan fingerprint density at radius 3 is 2.94 bits per heavy atom. The highest BCUT2D eigenvalue weighted by atomic mass is 16.5. The maximum atomic E-state index is 12.4. The lowest BCUT2D eigenvalue weighted by Gasteiger charge is -2.24. The van der Waals surface area contributed by atoms with Gasteiger partial charge in [-0.15, -0.1) is 0 Å². The van der Waals surface area contributed by atoms with E-state index >= 15 is 0 Å². The van der Waals surface area contributed by atoms with E-state index in [1.54, 1.807) is 0 Å². The zero-order valence-corrected chi connectivity index (χ0v) is 10.0. The summed E-state index contributed by atoms with van der Waals surface area (Å²) in [5.74, 6) is 1.20. The summed E-state index contributed by atoms with van der Waals surface area (Å²) in [6.07, 6.45) is 4.23. The van der Waals surface area contributed by atoms with Crippen LogP contribution in [0.15, 0.2) is 24.3 Å². The highest BCUT2D eigenvalue weighted by Crippen LogP contribution is 2.31. The summed E-state index contributed by atoms with van der Waals surface area (Å²) >= 11 is 0. The lowest BCUT2D eigenvalue weighted by atomic mass is 9.78. The van der Waals surface area contributed by atoms with Gasteiger partial charge in [-0.05, 0) is 37.2 Å². The fourth-order valence-electron chi connectivity index (χ4n) is 3.06. The van der Waals surface area contributed by atoms with Gasteiger partial charge in [0.05, 0.1) is 0 Å². The van der Waals surface area contributed by atoms with Gasteiger partial charge in [0, 0.05) is 24.7 Å². The first kappa shape index (κ1) is 11.0. The fourth-order valence-corrected chi connectivity index (χ4v) is 3.06. The van der Waals surface area contributed by atoms with Crippen LogP contribution < -0.4 is 0 Å². The maximum absolute atomic E-state index is 12.4. The summed E-state index contributed by atoms with van der Waals surface area (Å²) < 4.78 is 5.39. The molecule has 2 aliphatic rings. The number of Topliss-reactive ketones (excluding diaryl/α,β-unsaturated/α-hetero) is 1. The van der Waals surface area contributed by atoms with Crippen LogP contribution in [0.25, 0.3) is 0 Å². The van der Waals surface area contributed by atoms with E-state index in [0.717, 1.165) is 44.5 Å². The van der Waals surface area contributed by atoms with Crippen molar-refractivity contribution in [3.05, 3.63) is 35.4 Å². The fraction of sp³-hybridized carbons (Fsp3) is 0.533. The van der Waals surface area contributed by atoms with Crippen LogP contribution >= 0.6 is 0 Å². The summed E-state index contributed by atoms with van der Waals surface area (Å²) in [6, 6.07) is 8.06. The zero-order valence-electron chi connectivity index (χ0n) is 10.0. The van der Waals surface area contributed by atoms with Gasteiger partial charge < -0.3 is 4.74 Å². The summed E-state index contributed by atoms with van der Waals surface area (Å²) in [4.78, 5) is 12.4. The van der Waals surface area contributed by atoms with Gasteiger partial charge in [-0.25, -0.2) is 0 Å². The Balaban J connectivity index is 1.74. The van der Waals surface area contributed by atoms with Crippen LogP contribution in [-0.4, -0.2) is 19.0 Å². The SMILES string of the molecule is O=C1c2ccccc2CCC1CC1CCOC1. The molecule has 1 aliphatic carbocycles. The largest absolute Gasteiger partial charge is 0.381 e. The molecule has 2 heteroatoms. The third kappa shape index (κ3) is 2.14. The van der Waals surface area contributed by atoms with Crippen molar-refractivity contribution >= 4 is 5.78 Å². The number of carbonyl (C=O) groups is 1. The molecule has 1 aromatic carbocycles. The van der Waals surface area contributed by atoms with E-state index in [-0.39, 0.29) is 5.92 Å². The van der Waals surface area contributed by atoms with E-state index in [2.05, 4.69) is 6.07 Å². The number of hydrogen-bond acceptors (Lipinski definition) is 2. The molecule has 1 fully saturated rings. The van der Waals surface area contributed by atoms with Gasteiger partial charge in [-0.1, -0.05) is 24.3 Å². The normalized spacial score (nSPS) is 28.1. The van der Waals surface area contributed by atoms with Crippen molar-refractivity contribution in [2.24, 2.45) is 11.8 Å². The number of ether oxygens (including phenoxy) is 1. The smallest absolute Gasteiger partial charge is 0.166 e. The molecule has 1 heterocycles. The molecule has 0 bridgehead atoms. The van der Waals surface area contributed by atoms with Gasteiger partial charge in [0.2, 0.25) is 0 Å². The van der Waals surface area contributed by atoms with Gasteiger partial charge in [-0.3, -0.25) is 4.79 Å². The second kappa shape index (κ2) is 4.61. The maximum Gasteiger partial charge on any atom is 0.166 e. The Hall–Kier alpha value is -1.15. The Morgan fingerprint density at radius 2 is 2.12 bits per heavy atom. The average molecular weight is 230 g/mol. The molecule has 90 valence electrons. The van der Waals surface area contributed by atoms with Crippen LogP contribution in [0.2, 0.25) is 0 Å². The second-order valence-electron chi connectivity index (χ2n) is 5.22. The van der Waals surface area contributed by atoms with Crippen molar-refractivity contribution < 1.29 is 9.53 Å². The second-order valence-corrected chi connectivity index (χ2v) is 5.22. The van der Waals surface area contributed by atoms with Gasteiger partial charge in [-0.2, -0.15) is 0 Å². The predicted molar refractivity (Wildman–Crippen MR) is 66.1 cm³/mol. The van der Waals surface area contributed by atoms with Crippen molar-refractivity contribution in [3.8, 4) is 0 Å². The van der Waals surface area contributed by atoms with Crippen LogP contribution in [0.3, 0.4) is 0 Å². The zero-order chi connectivity index (χ0) is 11.7. The van der Waals surface area contributed by atoms with Crippen molar-refractivity contribution in [1.82, 2.24) is 0 Å². The minimum absolute atomic E-state index is 0.233. The molecule has 0 aromatic heterocycles. The molecule has 2 atom stereocenters. The van der Waals surface area contributed by atoms with Crippen molar-refractivity contribution in [2.75, 3.05) is 13.2 Å². The Bertz CT molecular complexity index is 419. The monoisotopic (exact) mass is 230 g/mol. The predicted octanol–water partition coefficient (Wildman–Crippen LogP) is 2.86. The van der Waals surface area contributed by atoms with E-state index in [0.29, 0.717) is 11.7 Å². The minimum atomic E-state index is 0.233. The topological polar surface area (TPSA) is 26.3 Å². The Morgan fingerprint density at radius 1 is 1.24 bits per heavy atom. The molecule has 0 saturated carbocycles. The molecule has 17 heavy (non-hydrogen) atoms. The molecular weight excluding hydrogens is 212 g/mol. The number of aryl methyl sites for hydroxylation is 1. The van der Waals surface area contributed by atoms with E-state index in [1.807, 2.05) is 18.2 Å². The summed E-state index contributed by atoms with van der Waals surface area (Å²) in [5, 5.41) is 0. The lowest BCUT2D eigenvalue weighted by Crippen LogP contribution is -2.25. The highest BCUT2D eigenvalue weighted by molar-refractivity contribution is 6.00. The van der Waals surface area contributed by atoms with Gasteiger partial charge in [0.1, 0.15) is 0 Å². The Labute approximate surface area is 102 Å². The number of hydrogen-bond donors (Lipinski definition) is 0. The van der Waals surface area contributed by atoms with E-state index < -0.39 is 0 Å². The number of benzene rings is 1. The molecule has 2 unspecified atom stereocenters. The van der Waals surface area contributed by atoms with E-state index in [1.165, 1.54) is 5.56 Å². The molecule has 0 amide bonds. The molecule has 2 nitrogen and oxygen atoms in total. The highest BCUT2D eigenvalue weighted by Gasteiger charge is 2.30. The van der Waals surface area contributed by atoms with Crippen LogP contribution in [0.1, 0.15) is 35.2 Å². The summed E-state index contributed by atoms with van der Waals surface area (Å²) in [6.45, 7) is 1.73. The molecule has 1 aliphatic heterocycles. The molecular formula is C15H18O2. The van der Waals surface area contributed by atoms with Crippen LogP contribution in [0.5, 0.6) is 0 Å². The molecule has 0 radical (unpaired) electrons. The summed E-state index contributed by atoms with van der Waals surface area (Å²) in [7, 11) is 0. The first-order valence-electron chi connectivity index (χ1n) is 6.54. The minimum Gasteiger partial charge on any atom is -0.381 e. The molecule has 3 rings (SSSR count). The lowest BCUT2D eigenvalue weighted by molar-refractivity contribution is 0.0875.